The van der Waals surface area contributed by atoms with E-state index in [4.69, 9.17) is 4.52 Å². The number of rotatable bonds is 0. The summed E-state index contributed by atoms with van der Waals surface area (Å²) in [5, 5.41) is 4.68. The summed E-state index contributed by atoms with van der Waals surface area (Å²) in [5.74, 6) is 0. The van der Waals surface area contributed by atoms with Gasteiger partial charge in [0.1, 0.15) is 0 Å². The van der Waals surface area contributed by atoms with Crippen LogP contribution in [-0.4, -0.2) is 5.16 Å². The van der Waals surface area contributed by atoms with Crippen molar-refractivity contribution in [1.82, 2.24) is 5.16 Å². The van der Waals surface area contributed by atoms with Gasteiger partial charge in [-0.05, 0) is 12.1 Å². The van der Waals surface area contributed by atoms with Gasteiger partial charge in [-0.15, -0.1) is 17.0 Å². The zero-order valence-corrected chi connectivity index (χ0v) is 6.86. The summed E-state index contributed by atoms with van der Waals surface area (Å²) in [6, 6.07) is 7.74. The van der Waals surface area contributed by atoms with Crippen LogP contribution in [0.25, 0.3) is 11.0 Å². The fourth-order valence-corrected chi connectivity index (χ4v) is 0.810. The molecule has 0 aliphatic rings. The van der Waals surface area contributed by atoms with Crippen molar-refractivity contribution in [2.45, 2.75) is 0 Å². The highest BCUT2D eigenvalue weighted by Gasteiger charge is 1.91. The largest absolute Gasteiger partial charge is 0.356 e. The van der Waals surface area contributed by atoms with Crippen molar-refractivity contribution in [3.05, 3.63) is 30.5 Å². The van der Waals surface area contributed by atoms with Crippen LogP contribution in [0.1, 0.15) is 0 Å². The van der Waals surface area contributed by atoms with Gasteiger partial charge in [-0.1, -0.05) is 17.3 Å². The lowest BCUT2D eigenvalue weighted by atomic mass is 10.3. The smallest absolute Gasteiger partial charge is 0.166 e. The Bertz CT molecular complexity index is 288. The summed E-state index contributed by atoms with van der Waals surface area (Å²) in [4.78, 5) is 0. The molecule has 2 aromatic rings. The minimum absolute atomic E-state index is 0. The van der Waals surface area contributed by atoms with Crippen molar-refractivity contribution in [1.29, 1.82) is 0 Å². The van der Waals surface area contributed by atoms with E-state index in [0.29, 0.717) is 0 Å². The van der Waals surface area contributed by atoms with Gasteiger partial charge in [0.05, 0.1) is 6.20 Å². The first-order valence-electron chi connectivity index (χ1n) is 2.76. The molecule has 0 radical (unpaired) electrons. The Labute approximate surface area is 68.6 Å². The van der Waals surface area contributed by atoms with Crippen LogP contribution in [0.2, 0.25) is 0 Å². The SMILES string of the molecule is Br.c1ccc2oncc2c1. The van der Waals surface area contributed by atoms with E-state index >= 15 is 0 Å². The Morgan fingerprint density at radius 3 is 2.80 bits per heavy atom. The molecule has 0 spiro atoms. The zero-order chi connectivity index (χ0) is 6.10. The monoisotopic (exact) mass is 199 g/mol. The molecular weight excluding hydrogens is 194 g/mol. The van der Waals surface area contributed by atoms with Crippen LogP contribution in [-0.2, 0) is 0 Å². The van der Waals surface area contributed by atoms with Gasteiger partial charge in [0.2, 0.25) is 0 Å². The van der Waals surface area contributed by atoms with Gasteiger partial charge in [-0.25, -0.2) is 0 Å². The summed E-state index contributed by atoms with van der Waals surface area (Å²) < 4.78 is 4.87. The molecule has 1 aromatic heterocycles. The minimum Gasteiger partial charge on any atom is -0.356 e. The molecule has 0 bridgehead atoms. The van der Waals surface area contributed by atoms with E-state index in [-0.39, 0.29) is 17.0 Å². The molecule has 0 fully saturated rings. The Hall–Kier alpha value is -0.830. The molecule has 0 atom stereocenters. The van der Waals surface area contributed by atoms with Gasteiger partial charge in [-0.3, -0.25) is 0 Å². The lowest BCUT2D eigenvalue weighted by Crippen LogP contribution is -1.57. The molecule has 52 valence electrons. The first kappa shape index (κ1) is 7.28. The van der Waals surface area contributed by atoms with E-state index in [2.05, 4.69) is 5.16 Å². The van der Waals surface area contributed by atoms with Gasteiger partial charge in [0.25, 0.3) is 0 Å². The number of benzene rings is 1. The van der Waals surface area contributed by atoms with Crippen LogP contribution < -0.4 is 0 Å². The van der Waals surface area contributed by atoms with Gasteiger partial charge in [0.15, 0.2) is 5.58 Å². The van der Waals surface area contributed by atoms with E-state index in [1.807, 2.05) is 24.3 Å². The minimum atomic E-state index is 0. The van der Waals surface area contributed by atoms with E-state index in [0.717, 1.165) is 11.0 Å². The molecule has 0 unspecified atom stereocenters. The first-order valence-corrected chi connectivity index (χ1v) is 2.76. The average molecular weight is 200 g/mol. The number of nitrogens with zero attached hydrogens (tertiary/aromatic N) is 1. The Morgan fingerprint density at radius 2 is 2.00 bits per heavy atom. The third-order valence-corrected chi connectivity index (χ3v) is 1.26. The highest BCUT2D eigenvalue weighted by molar-refractivity contribution is 8.93. The molecule has 1 aromatic carbocycles. The topological polar surface area (TPSA) is 26.0 Å². The lowest BCUT2D eigenvalue weighted by molar-refractivity contribution is 0.456. The highest BCUT2D eigenvalue weighted by atomic mass is 79.9. The van der Waals surface area contributed by atoms with Gasteiger partial charge >= 0.3 is 0 Å². The first-order chi connectivity index (χ1) is 4.47. The van der Waals surface area contributed by atoms with Crippen molar-refractivity contribution in [3.63, 3.8) is 0 Å². The average Bonchev–Trinajstić information content (AvgIpc) is 2.33. The van der Waals surface area contributed by atoms with Crippen LogP contribution >= 0.6 is 17.0 Å². The molecule has 0 saturated carbocycles. The van der Waals surface area contributed by atoms with Crippen LogP contribution in [0.3, 0.4) is 0 Å². The van der Waals surface area contributed by atoms with Crippen molar-refractivity contribution < 1.29 is 4.52 Å². The van der Waals surface area contributed by atoms with Gasteiger partial charge < -0.3 is 4.52 Å². The van der Waals surface area contributed by atoms with Crippen LogP contribution in [0, 0.1) is 0 Å². The summed E-state index contributed by atoms with van der Waals surface area (Å²) in [6.45, 7) is 0. The van der Waals surface area contributed by atoms with Gasteiger partial charge in [0, 0.05) is 5.39 Å². The second kappa shape index (κ2) is 2.84. The molecule has 10 heavy (non-hydrogen) atoms. The van der Waals surface area contributed by atoms with Crippen LogP contribution in [0.5, 0.6) is 0 Å². The summed E-state index contributed by atoms with van der Waals surface area (Å²) >= 11 is 0. The third kappa shape index (κ3) is 1.04. The maximum Gasteiger partial charge on any atom is 0.166 e. The molecular formula is C7H6BrNO. The normalized spacial score (nSPS) is 9.20. The molecule has 0 N–H and O–H groups in total. The van der Waals surface area contributed by atoms with Crippen molar-refractivity contribution in [2.75, 3.05) is 0 Å². The maximum atomic E-state index is 4.87. The summed E-state index contributed by atoms with van der Waals surface area (Å²) in [7, 11) is 0. The number of fused-ring (bicyclic) bond motifs is 1. The number of aromatic nitrogens is 1. The standard InChI is InChI=1S/C7H5NO.BrH/c1-2-4-7-6(3-1)5-8-9-7;/h1-5H;1H. The van der Waals surface area contributed by atoms with Gasteiger partial charge in [-0.2, -0.15) is 0 Å². The fraction of sp³-hybridized carbons (Fsp3) is 0. The number of para-hydroxylation sites is 1. The highest BCUT2D eigenvalue weighted by Crippen LogP contribution is 2.10. The van der Waals surface area contributed by atoms with Crippen molar-refractivity contribution >= 4 is 28.0 Å². The molecule has 0 amide bonds. The lowest BCUT2D eigenvalue weighted by Gasteiger charge is -1.78. The molecule has 3 heteroatoms. The van der Waals surface area contributed by atoms with E-state index in [1.165, 1.54) is 0 Å². The second-order valence-corrected chi connectivity index (χ2v) is 1.86. The quantitative estimate of drug-likeness (QED) is 0.652. The second-order valence-electron chi connectivity index (χ2n) is 1.86. The predicted octanol–water partition coefficient (Wildman–Crippen LogP) is 2.41. The molecule has 0 aliphatic heterocycles. The molecule has 1 heterocycles. The maximum absolute atomic E-state index is 4.87. The van der Waals surface area contributed by atoms with Crippen LogP contribution in [0.4, 0.5) is 0 Å². The number of halogens is 1. The van der Waals surface area contributed by atoms with Crippen molar-refractivity contribution in [3.8, 4) is 0 Å². The number of hydrogen-bond acceptors (Lipinski definition) is 2. The molecule has 2 nitrogen and oxygen atoms in total. The van der Waals surface area contributed by atoms with E-state index in [1.54, 1.807) is 6.20 Å². The molecule has 2 rings (SSSR count). The van der Waals surface area contributed by atoms with Crippen molar-refractivity contribution in [2.24, 2.45) is 0 Å². The third-order valence-electron chi connectivity index (χ3n) is 1.26. The summed E-state index contributed by atoms with van der Waals surface area (Å²) in [5.41, 5.74) is 0.845. The Balaban J connectivity index is 0.000000500. The predicted molar refractivity (Wildman–Crippen MR) is 44.3 cm³/mol. The van der Waals surface area contributed by atoms with Crippen LogP contribution in [0.15, 0.2) is 35.0 Å². The zero-order valence-electron chi connectivity index (χ0n) is 5.15. The summed E-state index contributed by atoms with van der Waals surface area (Å²) in [6.07, 6.45) is 1.70. The Morgan fingerprint density at radius 1 is 1.20 bits per heavy atom. The Kier molecular flexibility index (Phi) is 2.06. The molecule has 0 aliphatic carbocycles. The van der Waals surface area contributed by atoms with E-state index < -0.39 is 0 Å². The van der Waals surface area contributed by atoms with E-state index in [9.17, 15) is 0 Å². The fourth-order valence-electron chi connectivity index (χ4n) is 0.810. The molecule has 0 saturated heterocycles. The number of hydrogen-bond donors (Lipinski definition) is 0.